The number of alkyl halides is 2. The molecule has 26 heavy (non-hydrogen) atoms. The summed E-state index contributed by atoms with van der Waals surface area (Å²) in [5.74, 6) is -0.268. The van der Waals surface area contributed by atoms with E-state index in [1.165, 1.54) is 12.1 Å². The number of fused-ring (bicyclic) bond motifs is 1. The second kappa shape index (κ2) is 7.07. The SMILES string of the molecule is Cc1nc(=N[C@H](C)c2cccc(C(F)F)c2F)c2cc(Cl)ncc2n1C. The van der Waals surface area contributed by atoms with Gasteiger partial charge >= 0.3 is 0 Å². The lowest BCUT2D eigenvalue weighted by atomic mass is 10.0. The van der Waals surface area contributed by atoms with E-state index in [0.29, 0.717) is 16.7 Å². The third kappa shape index (κ3) is 3.31. The van der Waals surface area contributed by atoms with E-state index in [1.807, 2.05) is 11.6 Å². The second-order valence-electron chi connectivity index (χ2n) is 5.92. The third-order valence-electron chi connectivity index (χ3n) is 4.26. The summed E-state index contributed by atoms with van der Waals surface area (Å²) < 4.78 is 42.1. The van der Waals surface area contributed by atoms with Gasteiger partial charge in [0.25, 0.3) is 6.43 Å². The molecular formula is C18H16ClF3N4. The highest BCUT2D eigenvalue weighted by Crippen LogP contribution is 2.28. The van der Waals surface area contributed by atoms with Crippen molar-refractivity contribution in [2.45, 2.75) is 26.3 Å². The van der Waals surface area contributed by atoms with E-state index in [9.17, 15) is 13.2 Å². The van der Waals surface area contributed by atoms with Crippen molar-refractivity contribution in [3.63, 3.8) is 0 Å². The molecule has 2 aromatic heterocycles. The Morgan fingerprint density at radius 3 is 2.62 bits per heavy atom. The van der Waals surface area contributed by atoms with Crippen LogP contribution < -0.4 is 5.49 Å². The van der Waals surface area contributed by atoms with Crippen LogP contribution in [0.1, 0.15) is 36.3 Å². The number of aryl methyl sites for hydroxylation is 2. The topological polar surface area (TPSA) is 43.1 Å². The van der Waals surface area contributed by atoms with Crippen molar-refractivity contribution in [2.24, 2.45) is 12.0 Å². The van der Waals surface area contributed by atoms with E-state index in [0.717, 1.165) is 11.6 Å². The van der Waals surface area contributed by atoms with Gasteiger partial charge in [-0.3, -0.25) is 4.99 Å². The summed E-state index contributed by atoms with van der Waals surface area (Å²) in [7, 11) is 1.83. The van der Waals surface area contributed by atoms with Crippen LogP contribution in [0.4, 0.5) is 13.2 Å². The van der Waals surface area contributed by atoms with E-state index >= 15 is 0 Å². The molecule has 0 spiro atoms. The Balaban J connectivity index is 2.21. The summed E-state index contributed by atoms with van der Waals surface area (Å²) in [6.07, 6.45) is -1.28. The Morgan fingerprint density at radius 1 is 1.23 bits per heavy atom. The molecule has 136 valence electrons. The van der Waals surface area contributed by atoms with Crippen LogP contribution in [0.25, 0.3) is 10.9 Å². The fourth-order valence-corrected chi connectivity index (χ4v) is 2.90. The monoisotopic (exact) mass is 380 g/mol. The van der Waals surface area contributed by atoms with E-state index in [1.54, 1.807) is 26.1 Å². The molecule has 0 aliphatic carbocycles. The van der Waals surface area contributed by atoms with Crippen molar-refractivity contribution in [3.05, 3.63) is 63.9 Å². The fourth-order valence-electron chi connectivity index (χ4n) is 2.74. The molecule has 1 atom stereocenters. The molecule has 4 nitrogen and oxygen atoms in total. The van der Waals surface area contributed by atoms with Crippen LogP contribution >= 0.6 is 11.6 Å². The lowest BCUT2D eigenvalue weighted by Gasteiger charge is -2.13. The molecule has 8 heteroatoms. The van der Waals surface area contributed by atoms with Gasteiger partial charge in [-0.15, -0.1) is 0 Å². The van der Waals surface area contributed by atoms with Crippen molar-refractivity contribution in [2.75, 3.05) is 0 Å². The van der Waals surface area contributed by atoms with Crippen molar-refractivity contribution in [3.8, 4) is 0 Å². The van der Waals surface area contributed by atoms with Gasteiger partial charge in [-0.25, -0.2) is 23.1 Å². The van der Waals surface area contributed by atoms with Crippen LogP contribution in [0.15, 0.2) is 35.5 Å². The Morgan fingerprint density at radius 2 is 1.92 bits per heavy atom. The number of halogens is 4. The molecule has 0 bridgehead atoms. The molecular weight excluding hydrogens is 365 g/mol. The predicted molar refractivity (Wildman–Crippen MR) is 93.6 cm³/mol. The van der Waals surface area contributed by atoms with Crippen LogP contribution in [0.2, 0.25) is 5.15 Å². The zero-order valence-corrected chi connectivity index (χ0v) is 15.1. The van der Waals surface area contributed by atoms with Crippen LogP contribution in [-0.2, 0) is 7.05 Å². The molecule has 1 aromatic carbocycles. The van der Waals surface area contributed by atoms with Gasteiger partial charge < -0.3 is 4.57 Å². The maximum atomic E-state index is 14.4. The minimum Gasteiger partial charge on any atom is -0.331 e. The molecule has 0 aliphatic rings. The highest BCUT2D eigenvalue weighted by atomic mass is 35.5. The fraction of sp³-hybridized carbons (Fsp3) is 0.278. The standard InChI is InChI=1S/C18H16ClF3N4/c1-9(11-5-4-6-12(16(11)20)17(21)22)24-18-13-7-15(19)23-8-14(13)26(3)10(2)25-18/h4-9,17H,1-3H3/t9-/m1/s1. The van der Waals surface area contributed by atoms with E-state index in [-0.39, 0.29) is 10.7 Å². The first kappa shape index (κ1) is 18.4. The molecule has 3 aromatic rings. The number of rotatable bonds is 3. The first-order valence-corrected chi connectivity index (χ1v) is 8.26. The average molecular weight is 381 g/mol. The molecule has 0 saturated carbocycles. The predicted octanol–water partition coefficient (Wildman–Crippen LogP) is 4.67. The van der Waals surface area contributed by atoms with E-state index < -0.39 is 23.8 Å². The summed E-state index contributed by atoms with van der Waals surface area (Å²) in [6.45, 7) is 3.43. The van der Waals surface area contributed by atoms with Crippen molar-refractivity contribution < 1.29 is 13.2 Å². The first-order valence-electron chi connectivity index (χ1n) is 7.88. The molecule has 0 amide bonds. The highest BCUT2D eigenvalue weighted by molar-refractivity contribution is 6.30. The first-order chi connectivity index (χ1) is 12.3. The Bertz CT molecular complexity index is 1050. The quantitative estimate of drug-likeness (QED) is 0.620. The van der Waals surface area contributed by atoms with Gasteiger partial charge in [0.2, 0.25) is 0 Å². The lowest BCUT2D eigenvalue weighted by molar-refractivity contribution is 0.146. The van der Waals surface area contributed by atoms with E-state index in [4.69, 9.17) is 11.6 Å². The maximum absolute atomic E-state index is 14.4. The molecule has 0 N–H and O–H groups in total. The second-order valence-corrected chi connectivity index (χ2v) is 6.31. The van der Waals surface area contributed by atoms with E-state index in [2.05, 4.69) is 15.0 Å². The largest absolute Gasteiger partial charge is 0.331 e. The minimum atomic E-state index is -2.89. The van der Waals surface area contributed by atoms with Gasteiger partial charge in [-0.2, -0.15) is 0 Å². The van der Waals surface area contributed by atoms with Crippen LogP contribution in [0, 0.1) is 12.7 Å². The number of hydrogen-bond acceptors (Lipinski definition) is 3. The Hall–Kier alpha value is -2.41. The van der Waals surface area contributed by atoms with Crippen molar-refractivity contribution in [1.82, 2.24) is 14.5 Å². The Labute approximate surface area is 153 Å². The molecule has 0 unspecified atom stereocenters. The molecule has 2 heterocycles. The molecule has 0 fully saturated rings. The summed E-state index contributed by atoms with van der Waals surface area (Å²) >= 11 is 5.98. The zero-order chi connectivity index (χ0) is 19.0. The van der Waals surface area contributed by atoms with Crippen LogP contribution in [-0.4, -0.2) is 14.5 Å². The number of benzene rings is 1. The summed E-state index contributed by atoms with van der Waals surface area (Å²) in [5, 5.41) is 0.925. The molecule has 3 rings (SSSR count). The third-order valence-corrected chi connectivity index (χ3v) is 4.47. The smallest absolute Gasteiger partial charge is 0.266 e. The average Bonchev–Trinajstić information content (AvgIpc) is 2.59. The zero-order valence-electron chi connectivity index (χ0n) is 14.3. The number of pyridine rings is 1. The molecule has 0 aliphatic heterocycles. The van der Waals surface area contributed by atoms with Gasteiger partial charge in [0.1, 0.15) is 16.8 Å². The highest BCUT2D eigenvalue weighted by Gasteiger charge is 2.19. The summed E-state index contributed by atoms with van der Waals surface area (Å²) in [4.78, 5) is 13.0. The van der Waals surface area contributed by atoms with Crippen LogP contribution in [0.5, 0.6) is 0 Å². The number of aromatic nitrogens is 3. The van der Waals surface area contributed by atoms with Gasteiger partial charge in [0, 0.05) is 18.0 Å². The molecule has 0 saturated heterocycles. The molecule has 0 radical (unpaired) electrons. The minimum absolute atomic E-state index is 0.0868. The summed E-state index contributed by atoms with van der Waals surface area (Å²) in [5.41, 5.74) is 0.568. The number of hydrogen-bond donors (Lipinski definition) is 0. The van der Waals surface area contributed by atoms with Gasteiger partial charge in [0.05, 0.1) is 23.3 Å². The van der Waals surface area contributed by atoms with Crippen LogP contribution in [0.3, 0.4) is 0 Å². The lowest BCUT2D eigenvalue weighted by Crippen LogP contribution is -2.18. The Kier molecular flexibility index (Phi) is 5.00. The summed E-state index contributed by atoms with van der Waals surface area (Å²) in [6, 6.07) is 4.84. The van der Waals surface area contributed by atoms with Crippen molar-refractivity contribution in [1.29, 1.82) is 0 Å². The normalized spacial score (nSPS) is 13.6. The number of nitrogens with zero attached hydrogens (tertiary/aromatic N) is 4. The van der Waals surface area contributed by atoms with Gasteiger partial charge in [-0.05, 0) is 19.9 Å². The van der Waals surface area contributed by atoms with Gasteiger partial charge in [0.15, 0.2) is 5.49 Å². The van der Waals surface area contributed by atoms with Crippen molar-refractivity contribution >= 4 is 22.5 Å². The maximum Gasteiger partial charge on any atom is 0.266 e. The van der Waals surface area contributed by atoms with Gasteiger partial charge in [-0.1, -0.05) is 29.8 Å².